The smallest absolute Gasteiger partial charge is 0.241 e. The van der Waals surface area contributed by atoms with E-state index in [0.717, 1.165) is 37.7 Å². The van der Waals surface area contributed by atoms with Crippen LogP contribution in [0.25, 0.3) is 10.9 Å². The van der Waals surface area contributed by atoms with Gasteiger partial charge in [0.05, 0.1) is 11.7 Å². The van der Waals surface area contributed by atoms with E-state index in [1.54, 1.807) is 35.0 Å². The first-order valence-corrected chi connectivity index (χ1v) is 10.1. The van der Waals surface area contributed by atoms with Gasteiger partial charge in [0.25, 0.3) is 0 Å². The molecule has 0 spiro atoms. The molecule has 29 heavy (non-hydrogen) atoms. The largest absolute Gasteiger partial charge is 0.354 e. The highest BCUT2D eigenvalue weighted by Gasteiger charge is 2.34. The molecule has 1 heterocycles. The van der Waals surface area contributed by atoms with Gasteiger partial charge in [0.15, 0.2) is 0 Å². The van der Waals surface area contributed by atoms with Gasteiger partial charge in [0, 0.05) is 17.3 Å². The molecular weight excluding hydrogens is 369 g/mol. The van der Waals surface area contributed by atoms with Crippen LogP contribution in [-0.2, 0) is 16.8 Å². The standard InChI is InChI=1S/C23H24FN3O2/c24-18-8-6-7-17(13-18)23(11-4-1-5-12-23)16-25-22(29)15-27-20-10-3-2-9-19(20)21(28)14-26-27/h2-3,6-10,13-14H,1,4-5,11-12,15-16H2,(H,25,29). The van der Waals surface area contributed by atoms with Crippen molar-refractivity contribution in [2.75, 3.05) is 6.54 Å². The van der Waals surface area contributed by atoms with Crippen molar-refractivity contribution in [1.82, 2.24) is 15.1 Å². The molecule has 0 atom stereocenters. The molecule has 0 saturated heterocycles. The van der Waals surface area contributed by atoms with E-state index in [9.17, 15) is 14.0 Å². The van der Waals surface area contributed by atoms with Crippen LogP contribution in [0.2, 0.25) is 0 Å². The zero-order chi connectivity index (χ0) is 20.3. The van der Waals surface area contributed by atoms with Crippen molar-refractivity contribution in [3.8, 4) is 0 Å². The van der Waals surface area contributed by atoms with Crippen molar-refractivity contribution in [1.29, 1.82) is 0 Å². The molecular formula is C23H24FN3O2. The van der Waals surface area contributed by atoms with E-state index in [-0.39, 0.29) is 29.1 Å². The van der Waals surface area contributed by atoms with E-state index in [1.807, 2.05) is 12.1 Å². The molecule has 0 bridgehead atoms. The SMILES string of the molecule is O=C(Cn1ncc(=O)c2ccccc21)NCC1(c2cccc(F)c2)CCCCC1. The van der Waals surface area contributed by atoms with Crippen LogP contribution >= 0.6 is 0 Å². The minimum absolute atomic E-state index is 0.0278. The van der Waals surface area contributed by atoms with Gasteiger partial charge in [0.1, 0.15) is 12.4 Å². The zero-order valence-electron chi connectivity index (χ0n) is 16.2. The van der Waals surface area contributed by atoms with E-state index >= 15 is 0 Å². The molecule has 1 aromatic heterocycles. The first kappa shape index (κ1) is 19.3. The normalized spacial score (nSPS) is 15.9. The van der Waals surface area contributed by atoms with Crippen LogP contribution in [0.4, 0.5) is 4.39 Å². The van der Waals surface area contributed by atoms with Crippen molar-refractivity contribution in [2.45, 2.75) is 44.1 Å². The number of para-hydroxylation sites is 1. The fourth-order valence-electron chi connectivity index (χ4n) is 4.36. The predicted octanol–water partition coefficient (Wildman–Crippen LogP) is 3.55. The maximum Gasteiger partial charge on any atom is 0.241 e. The topological polar surface area (TPSA) is 64.0 Å². The summed E-state index contributed by atoms with van der Waals surface area (Å²) < 4.78 is 15.4. The summed E-state index contributed by atoms with van der Waals surface area (Å²) >= 11 is 0. The number of fused-ring (bicyclic) bond motifs is 1. The average Bonchev–Trinajstić information content (AvgIpc) is 2.75. The maximum atomic E-state index is 13.8. The molecule has 1 N–H and O–H groups in total. The summed E-state index contributed by atoms with van der Waals surface area (Å²) in [5, 5.41) is 7.70. The second kappa shape index (κ2) is 8.15. The zero-order valence-corrected chi connectivity index (χ0v) is 16.2. The Kier molecular flexibility index (Phi) is 5.43. The van der Waals surface area contributed by atoms with Crippen molar-refractivity contribution >= 4 is 16.8 Å². The molecule has 1 saturated carbocycles. The molecule has 5 nitrogen and oxygen atoms in total. The van der Waals surface area contributed by atoms with Crippen LogP contribution in [0.15, 0.2) is 59.5 Å². The number of nitrogens with zero attached hydrogens (tertiary/aromatic N) is 2. The summed E-state index contributed by atoms with van der Waals surface area (Å²) in [4.78, 5) is 24.7. The van der Waals surface area contributed by atoms with Crippen LogP contribution in [0.3, 0.4) is 0 Å². The number of carbonyl (C=O) groups excluding carboxylic acids is 1. The Morgan fingerprint density at radius 2 is 1.90 bits per heavy atom. The number of hydrogen-bond donors (Lipinski definition) is 1. The highest BCUT2D eigenvalue weighted by molar-refractivity contribution is 5.81. The first-order valence-electron chi connectivity index (χ1n) is 10.1. The molecule has 1 aliphatic rings. The molecule has 0 aliphatic heterocycles. The molecule has 150 valence electrons. The monoisotopic (exact) mass is 393 g/mol. The van der Waals surface area contributed by atoms with Gasteiger partial charge in [-0.1, -0.05) is 43.5 Å². The number of hydrogen-bond acceptors (Lipinski definition) is 3. The molecule has 0 unspecified atom stereocenters. The van der Waals surface area contributed by atoms with Crippen LogP contribution in [-0.4, -0.2) is 22.2 Å². The molecule has 4 rings (SSSR count). The van der Waals surface area contributed by atoms with E-state index in [4.69, 9.17) is 0 Å². The third-order valence-electron chi connectivity index (χ3n) is 5.93. The number of aromatic nitrogens is 2. The summed E-state index contributed by atoms with van der Waals surface area (Å²) in [6.07, 6.45) is 6.39. The van der Waals surface area contributed by atoms with Gasteiger partial charge in [-0.25, -0.2) is 4.39 Å². The highest BCUT2D eigenvalue weighted by Crippen LogP contribution is 2.39. The Morgan fingerprint density at radius 1 is 1.10 bits per heavy atom. The van der Waals surface area contributed by atoms with Gasteiger partial charge in [-0.05, 0) is 42.7 Å². The van der Waals surface area contributed by atoms with Gasteiger partial charge < -0.3 is 5.32 Å². The lowest BCUT2D eigenvalue weighted by Crippen LogP contribution is -2.43. The summed E-state index contributed by atoms with van der Waals surface area (Å²) in [5.41, 5.74) is 1.18. The summed E-state index contributed by atoms with van der Waals surface area (Å²) in [6, 6.07) is 13.9. The number of benzene rings is 2. The lowest BCUT2D eigenvalue weighted by atomic mass is 9.69. The van der Waals surface area contributed by atoms with Gasteiger partial charge in [-0.15, -0.1) is 0 Å². The highest BCUT2D eigenvalue weighted by atomic mass is 19.1. The average molecular weight is 393 g/mol. The number of nitrogens with one attached hydrogen (secondary N) is 1. The Hall–Kier alpha value is -3.02. The molecule has 1 fully saturated rings. The second-order valence-corrected chi connectivity index (χ2v) is 7.81. The Labute approximate surface area is 168 Å². The number of halogens is 1. The van der Waals surface area contributed by atoms with E-state index in [0.29, 0.717) is 17.4 Å². The third kappa shape index (κ3) is 4.06. The Balaban J connectivity index is 1.52. The minimum atomic E-state index is -0.247. The first-order chi connectivity index (χ1) is 14.1. The minimum Gasteiger partial charge on any atom is -0.354 e. The lowest BCUT2D eigenvalue weighted by Gasteiger charge is -2.38. The van der Waals surface area contributed by atoms with E-state index in [2.05, 4.69) is 10.4 Å². The molecule has 1 amide bonds. The van der Waals surface area contributed by atoms with Gasteiger partial charge in [-0.2, -0.15) is 5.10 Å². The second-order valence-electron chi connectivity index (χ2n) is 7.81. The molecule has 0 radical (unpaired) electrons. The fourth-order valence-corrected chi connectivity index (χ4v) is 4.36. The summed E-state index contributed by atoms with van der Waals surface area (Å²) in [5.74, 6) is -0.421. The van der Waals surface area contributed by atoms with Gasteiger partial charge in [0.2, 0.25) is 11.3 Å². The number of amides is 1. The van der Waals surface area contributed by atoms with Crippen LogP contribution in [0.1, 0.15) is 37.7 Å². The lowest BCUT2D eigenvalue weighted by molar-refractivity contribution is -0.122. The van der Waals surface area contributed by atoms with Crippen molar-refractivity contribution in [3.05, 3.63) is 76.3 Å². The van der Waals surface area contributed by atoms with Crippen molar-refractivity contribution < 1.29 is 9.18 Å². The van der Waals surface area contributed by atoms with Gasteiger partial charge >= 0.3 is 0 Å². The predicted molar refractivity (Wildman–Crippen MR) is 110 cm³/mol. The summed E-state index contributed by atoms with van der Waals surface area (Å²) in [6.45, 7) is 0.493. The molecule has 2 aromatic carbocycles. The van der Waals surface area contributed by atoms with Crippen molar-refractivity contribution in [3.63, 3.8) is 0 Å². The third-order valence-corrected chi connectivity index (χ3v) is 5.93. The van der Waals surface area contributed by atoms with Crippen LogP contribution in [0.5, 0.6) is 0 Å². The quantitative estimate of drug-likeness (QED) is 0.721. The van der Waals surface area contributed by atoms with Gasteiger partial charge in [-0.3, -0.25) is 14.3 Å². The maximum absolute atomic E-state index is 13.8. The molecule has 1 aliphatic carbocycles. The van der Waals surface area contributed by atoms with Crippen LogP contribution < -0.4 is 10.7 Å². The Bertz CT molecular complexity index is 1090. The molecule has 6 heteroatoms. The van der Waals surface area contributed by atoms with E-state index in [1.165, 1.54) is 12.3 Å². The van der Waals surface area contributed by atoms with Crippen molar-refractivity contribution in [2.24, 2.45) is 0 Å². The van der Waals surface area contributed by atoms with Crippen LogP contribution in [0, 0.1) is 5.82 Å². The Morgan fingerprint density at radius 3 is 2.69 bits per heavy atom. The molecule has 3 aromatic rings. The van der Waals surface area contributed by atoms with E-state index < -0.39 is 0 Å². The number of rotatable bonds is 5. The summed E-state index contributed by atoms with van der Waals surface area (Å²) in [7, 11) is 0. The number of carbonyl (C=O) groups is 1. The fraction of sp³-hybridized carbons (Fsp3) is 0.348.